The Balaban J connectivity index is 2.55. The summed E-state index contributed by atoms with van der Waals surface area (Å²) in [6.45, 7) is 3.30. The van der Waals surface area contributed by atoms with Crippen LogP contribution in [-0.4, -0.2) is 45.5 Å². The second kappa shape index (κ2) is 10.6. The Morgan fingerprint density at radius 1 is 0.870 bits per heavy atom. The van der Waals surface area contributed by atoms with Crippen molar-refractivity contribution in [2.24, 2.45) is 0 Å². The number of benzene rings is 1. The Bertz CT molecular complexity index is 462. The average molecular weight is 326 g/mol. The molecule has 0 bridgehead atoms. The average Bonchev–Trinajstić information content (AvgIpc) is 2.53. The molecule has 0 spiro atoms. The van der Waals surface area contributed by atoms with Crippen molar-refractivity contribution in [1.82, 2.24) is 0 Å². The second-order valence-electron chi connectivity index (χ2n) is 4.53. The molecule has 7 nitrogen and oxygen atoms in total. The molecule has 0 aliphatic heterocycles. The zero-order chi connectivity index (χ0) is 17.1. The number of hydrogen-bond acceptors (Lipinski definition) is 7. The van der Waals surface area contributed by atoms with E-state index < -0.39 is 6.29 Å². The van der Waals surface area contributed by atoms with Gasteiger partial charge < -0.3 is 23.7 Å². The zero-order valence-corrected chi connectivity index (χ0v) is 13.6. The molecule has 128 valence electrons. The molecule has 0 heterocycles. The third kappa shape index (κ3) is 8.18. The predicted molar refractivity (Wildman–Crippen MR) is 80.9 cm³/mol. The van der Waals surface area contributed by atoms with Crippen LogP contribution in [-0.2, 0) is 28.5 Å². The number of ether oxygens (including phenoxy) is 5. The van der Waals surface area contributed by atoms with Gasteiger partial charge in [-0.15, -0.1) is 0 Å². The fourth-order valence-electron chi connectivity index (χ4n) is 1.68. The first-order valence-corrected chi connectivity index (χ1v) is 7.17. The summed E-state index contributed by atoms with van der Waals surface area (Å²) >= 11 is 0. The maximum absolute atomic E-state index is 10.7. The molecule has 0 N–H and O–H groups in total. The Hall–Kier alpha value is -2.12. The van der Waals surface area contributed by atoms with Gasteiger partial charge in [-0.2, -0.15) is 0 Å². The molecular weight excluding hydrogens is 304 g/mol. The van der Waals surface area contributed by atoms with Crippen LogP contribution in [0.1, 0.15) is 25.7 Å². The van der Waals surface area contributed by atoms with E-state index in [1.54, 1.807) is 31.4 Å². The molecule has 0 radical (unpaired) electrons. The summed E-state index contributed by atoms with van der Waals surface area (Å²) in [5, 5.41) is 0. The minimum Gasteiger partial charge on any atom is -0.497 e. The SMILES string of the molecule is COc1ccc(C(OCCOC(C)=O)OCCOC(C)=O)cc1. The smallest absolute Gasteiger partial charge is 0.302 e. The van der Waals surface area contributed by atoms with Crippen LogP contribution in [0, 0.1) is 0 Å². The van der Waals surface area contributed by atoms with Gasteiger partial charge in [0.05, 0.1) is 20.3 Å². The Labute approximate surface area is 135 Å². The number of esters is 2. The van der Waals surface area contributed by atoms with E-state index in [-0.39, 0.29) is 38.4 Å². The highest BCUT2D eigenvalue weighted by molar-refractivity contribution is 5.66. The zero-order valence-electron chi connectivity index (χ0n) is 13.6. The number of carbonyl (C=O) groups is 2. The highest BCUT2D eigenvalue weighted by atomic mass is 16.7. The van der Waals surface area contributed by atoms with Crippen molar-refractivity contribution in [3.63, 3.8) is 0 Å². The van der Waals surface area contributed by atoms with E-state index in [0.29, 0.717) is 5.75 Å². The van der Waals surface area contributed by atoms with Crippen molar-refractivity contribution in [3.05, 3.63) is 29.8 Å². The number of carbonyl (C=O) groups excluding carboxylic acids is 2. The summed E-state index contributed by atoms with van der Waals surface area (Å²) in [7, 11) is 1.58. The van der Waals surface area contributed by atoms with E-state index in [2.05, 4.69) is 0 Å². The molecule has 0 amide bonds. The van der Waals surface area contributed by atoms with E-state index in [1.807, 2.05) is 0 Å². The minimum atomic E-state index is -0.660. The summed E-state index contributed by atoms with van der Waals surface area (Å²) in [5.41, 5.74) is 0.774. The lowest BCUT2D eigenvalue weighted by Gasteiger charge is -2.19. The van der Waals surface area contributed by atoms with Crippen molar-refractivity contribution >= 4 is 11.9 Å². The lowest BCUT2D eigenvalue weighted by molar-refractivity contribution is -0.170. The fourth-order valence-corrected chi connectivity index (χ4v) is 1.68. The molecule has 1 aromatic carbocycles. The molecular formula is C16H22O7. The topological polar surface area (TPSA) is 80.3 Å². The second-order valence-corrected chi connectivity index (χ2v) is 4.53. The van der Waals surface area contributed by atoms with Gasteiger partial charge in [-0.3, -0.25) is 9.59 Å². The van der Waals surface area contributed by atoms with Crippen LogP contribution in [0.2, 0.25) is 0 Å². The largest absolute Gasteiger partial charge is 0.497 e. The van der Waals surface area contributed by atoms with Gasteiger partial charge in [-0.1, -0.05) is 12.1 Å². The standard InChI is InChI=1S/C16H22O7/c1-12(17)20-8-10-22-16(23-11-9-21-13(2)18)14-4-6-15(19-3)7-5-14/h4-7,16H,8-11H2,1-3H3. The lowest BCUT2D eigenvalue weighted by Crippen LogP contribution is -2.17. The maximum atomic E-state index is 10.7. The first-order valence-electron chi connectivity index (χ1n) is 7.17. The van der Waals surface area contributed by atoms with Gasteiger partial charge in [0.25, 0.3) is 0 Å². The van der Waals surface area contributed by atoms with Crippen molar-refractivity contribution in [2.75, 3.05) is 33.5 Å². The van der Waals surface area contributed by atoms with Crippen LogP contribution in [0.25, 0.3) is 0 Å². The predicted octanol–water partition coefficient (Wildman–Crippen LogP) is 1.85. The van der Waals surface area contributed by atoms with E-state index in [9.17, 15) is 9.59 Å². The van der Waals surface area contributed by atoms with E-state index in [1.165, 1.54) is 13.8 Å². The number of hydrogen-bond donors (Lipinski definition) is 0. The molecule has 1 aromatic rings. The van der Waals surface area contributed by atoms with Gasteiger partial charge in [-0.25, -0.2) is 0 Å². The summed E-state index contributed by atoms with van der Waals surface area (Å²) in [6, 6.07) is 7.18. The molecule has 0 saturated carbocycles. The Morgan fingerprint density at radius 3 is 1.74 bits per heavy atom. The molecule has 0 fully saturated rings. The normalized spacial score (nSPS) is 10.4. The molecule has 0 atom stereocenters. The molecule has 0 aliphatic carbocycles. The first kappa shape index (κ1) is 18.9. The van der Waals surface area contributed by atoms with Crippen molar-refractivity contribution < 1.29 is 33.3 Å². The van der Waals surface area contributed by atoms with Gasteiger partial charge >= 0.3 is 11.9 Å². The Kier molecular flexibility index (Phi) is 8.71. The molecule has 0 saturated heterocycles. The van der Waals surface area contributed by atoms with Crippen LogP contribution in [0.4, 0.5) is 0 Å². The fraction of sp³-hybridized carbons (Fsp3) is 0.500. The molecule has 1 rings (SSSR count). The van der Waals surface area contributed by atoms with Crippen LogP contribution >= 0.6 is 0 Å². The van der Waals surface area contributed by atoms with Gasteiger partial charge in [0, 0.05) is 19.4 Å². The van der Waals surface area contributed by atoms with Gasteiger partial charge in [-0.05, 0) is 12.1 Å². The van der Waals surface area contributed by atoms with E-state index >= 15 is 0 Å². The molecule has 7 heteroatoms. The summed E-state index contributed by atoms with van der Waals surface area (Å²) < 4.78 is 25.9. The van der Waals surface area contributed by atoms with Crippen molar-refractivity contribution in [1.29, 1.82) is 0 Å². The van der Waals surface area contributed by atoms with E-state index in [4.69, 9.17) is 23.7 Å². The van der Waals surface area contributed by atoms with Crippen LogP contribution in [0.3, 0.4) is 0 Å². The highest BCUT2D eigenvalue weighted by Gasteiger charge is 2.13. The minimum absolute atomic E-state index is 0.134. The summed E-state index contributed by atoms with van der Waals surface area (Å²) in [5.74, 6) is -0.0249. The molecule has 0 aromatic heterocycles. The highest BCUT2D eigenvalue weighted by Crippen LogP contribution is 2.21. The quantitative estimate of drug-likeness (QED) is 0.369. The first-order chi connectivity index (χ1) is 11.0. The monoisotopic (exact) mass is 326 g/mol. The lowest BCUT2D eigenvalue weighted by atomic mass is 10.2. The number of rotatable bonds is 10. The van der Waals surface area contributed by atoms with Gasteiger partial charge in [0.15, 0.2) is 6.29 Å². The number of methoxy groups -OCH3 is 1. The van der Waals surface area contributed by atoms with Crippen LogP contribution < -0.4 is 4.74 Å². The van der Waals surface area contributed by atoms with Crippen molar-refractivity contribution in [3.8, 4) is 5.75 Å². The Morgan fingerprint density at radius 2 is 1.35 bits per heavy atom. The van der Waals surface area contributed by atoms with Crippen LogP contribution in [0.5, 0.6) is 5.75 Å². The van der Waals surface area contributed by atoms with Gasteiger partial charge in [0.1, 0.15) is 19.0 Å². The van der Waals surface area contributed by atoms with E-state index in [0.717, 1.165) is 5.56 Å². The summed E-state index contributed by atoms with van der Waals surface area (Å²) in [6.07, 6.45) is -0.660. The van der Waals surface area contributed by atoms with Crippen LogP contribution in [0.15, 0.2) is 24.3 Å². The summed E-state index contributed by atoms with van der Waals surface area (Å²) in [4.78, 5) is 21.5. The molecule has 0 unspecified atom stereocenters. The third-order valence-corrected chi connectivity index (χ3v) is 2.70. The molecule has 23 heavy (non-hydrogen) atoms. The molecule has 0 aliphatic rings. The van der Waals surface area contributed by atoms with Crippen molar-refractivity contribution in [2.45, 2.75) is 20.1 Å². The van der Waals surface area contributed by atoms with Gasteiger partial charge in [0.2, 0.25) is 0 Å². The maximum Gasteiger partial charge on any atom is 0.302 e. The third-order valence-electron chi connectivity index (χ3n) is 2.70.